The van der Waals surface area contributed by atoms with Crippen molar-refractivity contribution >= 4 is 44.0 Å². The molecule has 0 fully saturated rings. The molecule has 0 atom stereocenters. The van der Waals surface area contributed by atoms with Crippen LogP contribution in [0.25, 0.3) is 10.9 Å². The Balaban J connectivity index is 1.54. The lowest BCUT2D eigenvalue weighted by Crippen LogP contribution is -2.24. The fraction of sp³-hybridized carbons (Fsp3) is 0.115. The highest BCUT2D eigenvalue weighted by Gasteiger charge is 2.23. The van der Waals surface area contributed by atoms with Crippen molar-refractivity contribution in [3.63, 3.8) is 0 Å². The van der Waals surface area contributed by atoms with Crippen molar-refractivity contribution in [2.24, 2.45) is 0 Å². The Kier molecular flexibility index (Phi) is 5.91. The molecule has 0 spiro atoms. The first-order chi connectivity index (χ1) is 17.3. The number of aryl methyl sites for hydroxylation is 1. The largest absolute Gasteiger partial charge is 0.476 e. The van der Waals surface area contributed by atoms with Crippen LogP contribution in [0.3, 0.4) is 0 Å². The lowest BCUT2D eigenvalue weighted by atomic mass is 10.1. The summed E-state index contributed by atoms with van der Waals surface area (Å²) in [5, 5.41) is 16.4. The summed E-state index contributed by atoms with van der Waals surface area (Å²) in [6.07, 6.45) is 2.96. The van der Waals surface area contributed by atoms with Gasteiger partial charge in [0.1, 0.15) is 4.90 Å². The zero-order valence-corrected chi connectivity index (χ0v) is 20.0. The van der Waals surface area contributed by atoms with E-state index >= 15 is 0 Å². The van der Waals surface area contributed by atoms with Crippen LogP contribution in [0.2, 0.25) is 0 Å². The van der Waals surface area contributed by atoms with Gasteiger partial charge < -0.3 is 15.7 Å². The summed E-state index contributed by atoms with van der Waals surface area (Å²) in [5.74, 6) is 4.87. The quantitative estimate of drug-likeness (QED) is 0.313. The van der Waals surface area contributed by atoms with E-state index in [2.05, 4.69) is 37.2 Å². The Morgan fingerprint density at radius 3 is 2.53 bits per heavy atom. The molecular formula is C26H21N5O4S. The van der Waals surface area contributed by atoms with E-state index in [1.807, 2.05) is 12.1 Å². The van der Waals surface area contributed by atoms with E-state index in [0.29, 0.717) is 52.4 Å². The number of aromatic carboxylic acids is 1. The zero-order valence-electron chi connectivity index (χ0n) is 19.2. The molecule has 0 bridgehead atoms. The number of rotatable bonds is 4. The van der Waals surface area contributed by atoms with Gasteiger partial charge >= 0.3 is 5.97 Å². The first-order valence-electron chi connectivity index (χ1n) is 11.1. The Hall–Kier alpha value is -4.62. The van der Waals surface area contributed by atoms with Crippen molar-refractivity contribution in [3.8, 4) is 11.8 Å². The molecular weight excluding hydrogens is 478 g/mol. The normalized spacial score (nSPS) is 12.5. The van der Waals surface area contributed by atoms with Crippen LogP contribution < -0.4 is 15.4 Å². The van der Waals surface area contributed by atoms with Crippen LogP contribution >= 0.6 is 0 Å². The molecule has 3 heterocycles. The van der Waals surface area contributed by atoms with Crippen LogP contribution in [-0.4, -0.2) is 42.6 Å². The number of carbonyl (C=O) groups is 1. The average Bonchev–Trinajstić information content (AvgIpc) is 2.87. The van der Waals surface area contributed by atoms with Crippen LogP contribution in [0.1, 0.15) is 27.2 Å². The molecule has 5 rings (SSSR count). The van der Waals surface area contributed by atoms with E-state index in [9.17, 15) is 18.3 Å². The molecule has 0 amide bonds. The standard InChI is InChI=1S/C26H21N5O4S/c1-16-8-9-18-6-4-12-27-22(18)25(16)36(34,35)31-20-7-3-2-5-17(20)10-11-19-15-30-24(26(32)33)23-21(19)28-13-14-29-23/h2-9,12,15,28-29,31H,13-14H2,1H3,(H,32,33). The van der Waals surface area contributed by atoms with Crippen LogP contribution in [0.5, 0.6) is 0 Å². The third kappa shape index (κ3) is 4.28. The van der Waals surface area contributed by atoms with Crippen LogP contribution in [0.15, 0.2) is 65.8 Å². The van der Waals surface area contributed by atoms with Crippen LogP contribution in [0.4, 0.5) is 17.1 Å². The second-order valence-electron chi connectivity index (χ2n) is 8.12. The van der Waals surface area contributed by atoms with Crippen molar-refractivity contribution in [3.05, 3.63) is 83.3 Å². The highest BCUT2D eigenvalue weighted by molar-refractivity contribution is 7.93. The maximum Gasteiger partial charge on any atom is 0.356 e. The van der Waals surface area contributed by atoms with E-state index in [4.69, 9.17) is 0 Å². The van der Waals surface area contributed by atoms with Gasteiger partial charge in [-0.15, -0.1) is 0 Å². The predicted octanol–water partition coefficient (Wildman–Crippen LogP) is 3.67. The number of aromatic nitrogens is 2. The van der Waals surface area contributed by atoms with Gasteiger partial charge in [-0.05, 0) is 30.7 Å². The van der Waals surface area contributed by atoms with E-state index in [1.54, 1.807) is 49.5 Å². The molecule has 0 saturated heterocycles. The molecule has 10 heteroatoms. The van der Waals surface area contributed by atoms with Crippen molar-refractivity contribution in [2.45, 2.75) is 11.8 Å². The van der Waals surface area contributed by atoms with E-state index < -0.39 is 16.0 Å². The molecule has 0 aliphatic carbocycles. The molecule has 2 aromatic carbocycles. The number of para-hydroxylation sites is 1. The van der Waals surface area contributed by atoms with Gasteiger partial charge in [0.25, 0.3) is 10.0 Å². The number of carboxylic acids is 1. The maximum atomic E-state index is 13.5. The maximum absolute atomic E-state index is 13.5. The fourth-order valence-electron chi connectivity index (χ4n) is 4.07. The summed E-state index contributed by atoms with van der Waals surface area (Å²) >= 11 is 0. The number of benzene rings is 2. The summed E-state index contributed by atoms with van der Waals surface area (Å²) in [4.78, 5) is 20.0. The predicted molar refractivity (Wildman–Crippen MR) is 138 cm³/mol. The molecule has 36 heavy (non-hydrogen) atoms. The molecule has 0 saturated carbocycles. The van der Waals surface area contributed by atoms with Crippen LogP contribution in [-0.2, 0) is 10.0 Å². The minimum atomic E-state index is -3.99. The topological polar surface area (TPSA) is 133 Å². The van der Waals surface area contributed by atoms with Crippen molar-refractivity contribution in [2.75, 3.05) is 28.4 Å². The summed E-state index contributed by atoms with van der Waals surface area (Å²) in [6.45, 7) is 2.88. The second-order valence-corrected chi connectivity index (χ2v) is 9.74. The third-order valence-electron chi connectivity index (χ3n) is 5.71. The first-order valence-corrected chi connectivity index (χ1v) is 12.6. The molecule has 180 valence electrons. The SMILES string of the molecule is Cc1ccc2cccnc2c1S(=O)(=O)Nc1ccccc1C#Cc1cnc(C(=O)O)c2c1NCCN2. The molecule has 0 radical (unpaired) electrons. The van der Waals surface area contributed by atoms with E-state index in [0.717, 1.165) is 5.39 Å². The second kappa shape index (κ2) is 9.20. The molecule has 9 nitrogen and oxygen atoms in total. The smallest absolute Gasteiger partial charge is 0.356 e. The van der Waals surface area contributed by atoms with Gasteiger partial charge in [-0.2, -0.15) is 0 Å². The number of nitrogens with zero attached hydrogens (tertiary/aromatic N) is 2. The number of fused-ring (bicyclic) bond motifs is 2. The van der Waals surface area contributed by atoms with Gasteiger partial charge in [0.15, 0.2) is 5.69 Å². The van der Waals surface area contributed by atoms with Crippen molar-refractivity contribution < 1.29 is 18.3 Å². The Morgan fingerprint density at radius 1 is 0.972 bits per heavy atom. The molecule has 1 aliphatic heterocycles. The van der Waals surface area contributed by atoms with Crippen molar-refractivity contribution in [1.82, 2.24) is 9.97 Å². The highest BCUT2D eigenvalue weighted by Crippen LogP contribution is 2.31. The fourth-order valence-corrected chi connectivity index (χ4v) is 5.56. The van der Waals surface area contributed by atoms with Gasteiger partial charge in [0.05, 0.1) is 28.1 Å². The number of anilines is 3. The molecule has 2 aromatic heterocycles. The van der Waals surface area contributed by atoms with Gasteiger partial charge in [0, 0.05) is 36.4 Å². The highest BCUT2D eigenvalue weighted by atomic mass is 32.2. The minimum Gasteiger partial charge on any atom is -0.476 e. The van der Waals surface area contributed by atoms with Crippen molar-refractivity contribution in [1.29, 1.82) is 0 Å². The molecule has 4 aromatic rings. The minimum absolute atomic E-state index is 0.0880. The Morgan fingerprint density at radius 2 is 1.72 bits per heavy atom. The van der Waals surface area contributed by atoms with Gasteiger partial charge in [-0.3, -0.25) is 9.71 Å². The van der Waals surface area contributed by atoms with Crippen LogP contribution in [0, 0.1) is 18.8 Å². The first kappa shape index (κ1) is 23.1. The molecule has 1 aliphatic rings. The average molecular weight is 500 g/mol. The lowest BCUT2D eigenvalue weighted by Gasteiger charge is -2.22. The van der Waals surface area contributed by atoms with Gasteiger partial charge in [0.2, 0.25) is 0 Å². The number of carboxylic acid groups (broad SMARTS) is 1. The Labute approximate surface area is 207 Å². The summed E-state index contributed by atoms with van der Waals surface area (Å²) in [6, 6.07) is 14.0. The lowest BCUT2D eigenvalue weighted by molar-refractivity contribution is 0.0691. The van der Waals surface area contributed by atoms with E-state index in [1.165, 1.54) is 6.20 Å². The number of sulfonamides is 1. The molecule has 4 N–H and O–H groups in total. The number of pyridine rings is 2. The monoisotopic (exact) mass is 499 g/mol. The number of nitrogens with one attached hydrogen (secondary N) is 3. The van der Waals surface area contributed by atoms with E-state index in [-0.39, 0.29) is 10.6 Å². The summed E-state index contributed by atoms with van der Waals surface area (Å²) in [7, 11) is -3.99. The third-order valence-corrected chi connectivity index (χ3v) is 7.25. The van der Waals surface area contributed by atoms with Gasteiger partial charge in [-0.1, -0.05) is 42.2 Å². The Bertz CT molecular complexity index is 1690. The number of hydrogen-bond acceptors (Lipinski definition) is 7. The molecule has 0 unspecified atom stereocenters. The van der Waals surface area contributed by atoms with Gasteiger partial charge in [-0.25, -0.2) is 18.2 Å². The zero-order chi connectivity index (χ0) is 25.3. The summed E-state index contributed by atoms with van der Waals surface area (Å²) < 4.78 is 29.6. The number of hydrogen-bond donors (Lipinski definition) is 4. The summed E-state index contributed by atoms with van der Waals surface area (Å²) in [5.41, 5.74) is 3.07.